The maximum absolute atomic E-state index is 13.5. The Kier molecular flexibility index (Phi) is 7.45. The Morgan fingerprint density at radius 2 is 1.69 bits per heavy atom. The van der Waals surface area contributed by atoms with Gasteiger partial charge in [0, 0.05) is 35.3 Å². The molecule has 10 heteroatoms. The lowest BCUT2D eigenvalue weighted by molar-refractivity contribution is -0.968. The number of quaternary nitrogens is 1. The van der Waals surface area contributed by atoms with Crippen LogP contribution in [0.15, 0.2) is 45.8 Å². The van der Waals surface area contributed by atoms with E-state index in [2.05, 4.69) is 19.2 Å². The van der Waals surface area contributed by atoms with Gasteiger partial charge in [0.15, 0.2) is 0 Å². The Labute approximate surface area is 240 Å². The number of thiophene rings is 3. The molecule has 0 amide bonds. The highest BCUT2D eigenvalue weighted by Gasteiger charge is 2.72. The van der Waals surface area contributed by atoms with Crippen LogP contribution in [0.5, 0.6) is 0 Å². The van der Waals surface area contributed by atoms with E-state index in [1.54, 1.807) is 12.1 Å². The minimum absolute atomic E-state index is 0.129. The van der Waals surface area contributed by atoms with Crippen LogP contribution in [0.1, 0.15) is 53.5 Å². The van der Waals surface area contributed by atoms with Crippen LogP contribution >= 0.6 is 34.0 Å². The topological polar surface area (TPSA) is 85.4 Å². The van der Waals surface area contributed by atoms with Gasteiger partial charge in [0.05, 0.1) is 18.5 Å². The second-order valence-corrected chi connectivity index (χ2v) is 13.8. The lowest BCUT2D eigenvalue weighted by atomic mass is 9.89. The molecule has 6 rings (SSSR count). The smallest absolute Gasteiger partial charge is 0.348 e. The molecule has 3 aromatic rings. The summed E-state index contributed by atoms with van der Waals surface area (Å²) in [7, 11) is 2.32. The summed E-state index contributed by atoms with van der Waals surface area (Å²) in [6.45, 7) is 3.18. The molecule has 3 fully saturated rings. The molecule has 208 valence electrons. The molecule has 2 bridgehead atoms. The van der Waals surface area contributed by atoms with Crippen LogP contribution in [0.25, 0.3) is 0 Å². The number of carbonyl (C=O) groups is 2. The zero-order chi connectivity index (χ0) is 27.2. The van der Waals surface area contributed by atoms with E-state index in [1.807, 2.05) is 39.8 Å². The van der Waals surface area contributed by atoms with Crippen LogP contribution in [-0.4, -0.2) is 65.6 Å². The minimum Gasteiger partial charge on any atom is -0.466 e. The first-order chi connectivity index (χ1) is 18.8. The fourth-order valence-electron chi connectivity index (χ4n) is 6.59. The van der Waals surface area contributed by atoms with Crippen molar-refractivity contribution in [2.45, 2.75) is 81.6 Å². The molecule has 39 heavy (non-hydrogen) atoms. The molecule has 6 heterocycles. The van der Waals surface area contributed by atoms with E-state index in [0.29, 0.717) is 24.2 Å². The number of likely N-dealkylation sites (N-methyl/N-ethyl adjacent to an activating group) is 1. The van der Waals surface area contributed by atoms with Crippen LogP contribution in [0.3, 0.4) is 0 Å². The number of nitrogens with zero attached hydrogens (tertiary/aromatic N) is 1. The molecule has 3 saturated heterocycles. The van der Waals surface area contributed by atoms with Gasteiger partial charge in [-0.15, -0.1) is 11.3 Å². The van der Waals surface area contributed by atoms with Gasteiger partial charge in [0.1, 0.15) is 36.9 Å². The Balaban J connectivity index is 1.11. The monoisotopic (exact) mass is 588 g/mol. The van der Waals surface area contributed by atoms with Crippen molar-refractivity contribution >= 4 is 45.9 Å². The van der Waals surface area contributed by atoms with Crippen LogP contribution in [0, 0.1) is 0 Å². The highest BCUT2D eigenvalue weighted by atomic mass is 32.1. The Hall–Kier alpha value is -2.08. The first kappa shape index (κ1) is 27.1. The van der Waals surface area contributed by atoms with Gasteiger partial charge in [-0.3, -0.25) is 4.79 Å². The van der Waals surface area contributed by atoms with Crippen molar-refractivity contribution < 1.29 is 33.4 Å². The molecule has 3 aliphatic rings. The van der Waals surface area contributed by atoms with Crippen molar-refractivity contribution in [2.24, 2.45) is 0 Å². The number of esters is 2. The third-order valence-electron chi connectivity index (χ3n) is 8.61. The average Bonchev–Trinajstić information content (AvgIpc) is 3.36. The Morgan fingerprint density at radius 1 is 1.05 bits per heavy atom. The maximum atomic E-state index is 13.5. The first-order valence-corrected chi connectivity index (χ1v) is 16.3. The number of epoxide rings is 1. The number of piperidine rings is 1. The summed E-state index contributed by atoms with van der Waals surface area (Å²) in [5.41, 5.74) is -0.691. The number of fused-ring (bicyclic) bond motifs is 5. The van der Waals surface area contributed by atoms with Gasteiger partial charge < -0.3 is 23.8 Å². The van der Waals surface area contributed by atoms with Gasteiger partial charge in [-0.05, 0) is 65.6 Å². The third kappa shape index (κ3) is 5.00. The summed E-state index contributed by atoms with van der Waals surface area (Å²) in [5.74, 6) is -0.726. The summed E-state index contributed by atoms with van der Waals surface area (Å²) in [5, 5.41) is 19.0. The van der Waals surface area contributed by atoms with E-state index in [-0.39, 0.29) is 36.4 Å². The lowest BCUT2D eigenvalue weighted by Crippen LogP contribution is -2.62. The summed E-state index contributed by atoms with van der Waals surface area (Å²) >= 11 is 4.73. The van der Waals surface area contributed by atoms with Gasteiger partial charge in [-0.2, -0.15) is 22.7 Å². The van der Waals surface area contributed by atoms with Crippen LogP contribution in [0.2, 0.25) is 0 Å². The normalized spacial score (nSPS) is 29.2. The van der Waals surface area contributed by atoms with Gasteiger partial charge in [-0.1, -0.05) is 0 Å². The molecule has 0 radical (unpaired) electrons. The molecule has 0 aliphatic carbocycles. The molecular weight excluding hydrogens is 555 g/mol. The predicted molar refractivity (Wildman–Crippen MR) is 151 cm³/mol. The number of ether oxygens (including phenoxy) is 3. The van der Waals surface area contributed by atoms with Crippen molar-refractivity contribution in [1.82, 2.24) is 0 Å². The molecule has 6 atom stereocenters. The van der Waals surface area contributed by atoms with Crippen molar-refractivity contribution in [2.75, 3.05) is 13.7 Å². The molecule has 1 N–H and O–H groups in total. The maximum Gasteiger partial charge on any atom is 0.348 e. The van der Waals surface area contributed by atoms with Gasteiger partial charge in [-0.25, -0.2) is 4.79 Å². The highest BCUT2D eigenvalue weighted by Crippen LogP contribution is 2.54. The lowest BCUT2D eigenvalue weighted by Gasteiger charge is -2.48. The predicted octanol–water partition coefficient (Wildman–Crippen LogP) is 4.86. The van der Waals surface area contributed by atoms with E-state index >= 15 is 0 Å². The zero-order valence-corrected chi connectivity index (χ0v) is 24.6. The second kappa shape index (κ2) is 10.7. The van der Waals surface area contributed by atoms with Crippen molar-refractivity contribution in [1.29, 1.82) is 0 Å². The summed E-state index contributed by atoms with van der Waals surface area (Å²) in [4.78, 5) is 27.8. The molecule has 3 aromatic heterocycles. The number of carbonyl (C=O) groups excluding carboxylic acids is 2. The van der Waals surface area contributed by atoms with E-state index in [0.717, 1.165) is 36.7 Å². The number of rotatable bonds is 11. The Morgan fingerprint density at radius 3 is 2.28 bits per heavy atom. The van der Waals surface area contributed by atoms with Crippen LogP contribution in [-0.2, 0) is 42.4 Å². The summed E-state index contributed by atoms with van der Waals surface area (Å²) in [6, 6.07) is 8.47. The molecular formula is C29H34NO6S3+. The fraction of sp³-hybridized carbons (Fsp3) is 0.517. The second-order valence-electron chi connectivity index (χ2n) is 11.0. The van der Waals surface area contributed by atoms with Crippen LogP contribution < -0.4 is 0 Å². The third-order valence-corrected chi connectivity index (χ3v) is 11.1. The molecule has 1 unspecified atom stereocenters. The number of aryl methyl sites for hydroxylation is 1. The number of hydrogen-bond donors (Lipinski definition) is 1. The highest BCUT2D eigenvalue weighted by molar-refractivity contribution is 7.12. The van der Waals surface area contributed by atoms with Crippen molar-refractivity contribution in [3.63, 3.8) is 0 Å². The largest absolute Gasteiger partial charge is 0.466 e. The minimum atomic E-state index is -1.80. The zero-order valence-electron chi connectivity index (χ0n) is 22.1. The molecule has 7 nitrogen and oxygen atoms in total. The van der Waals surface area contributed by atoms with E-state index in [4.69, 9.17) is 14.2 Å². The van der Waals surface area contributed by atoms with E-state index in [1.165, 1.54) is 32.4 Å². The number of aliphatic hydroxyl groups is 1. The van der Waals surface area contributed by atoms with E-state index in [9.17, 15) is 14.7 Å². The number of hydrogen-bond acceptors (Lipinski definition) is 9. The summed E-state index contributed by atoms with van der Waals surface area (Å²) in [6.07, 6.45) is 3.74. The van der Waals surface area contributed by atoms with Gasteiger partial charge in [0.25, 0.3) is 0 Å². The van der Waals surface area contributed by atoms with Crippen molar-refractivity contribution in [3.8, 4) is 0 Å². The molecule has 3 aliphatic heterocycles. The molecule has 0 aromatic carbocycles. The first-order valence-electron chi connectivity index (χ1n) is 13.5. The van der Waals surface area contributed by atoms with E-state index < -0.39 is 11.6 Å². The average molecular weight is 589 g/mol. The molecule has 0 spiro atoms. The SMILES string of the molecule is CCOC(=O)CCCc1ccc(C[N+]2(C)[C@@H]3C[C@@H](OC(=O)C(O)(c4ccsc4)c4ccsc4)C[C@H]2[C@@H]2O[C@@H]23)s1. The van der Waals surface area contributed by atoms with Crippen molar-refractivity contribution in [3.05, 3.63) is 66.7 Å². The van der Waals surface area contributed by atoms with Gasteiger partial charge in [0.2, 0.25) is 5.60 Å². The standard InChI is InChI=1S/C29H34NO6S3/c1-3-34-25(31)6-4-5-21-7-8-22(39-21)15-30(2)23-13-20(14-24(30)27-26(23)36-27)35-28(32)29(33,18-9-11-37-16-18)19-10-12-38-17-19/h7-12,16-17,20,23-24,26-27,33H,3-6,13-15H2,1-2H3/q+1/t20-,23-,24+,26-,27+,30?. The van der Waals surface area contributed by atoms with Crippen LogP contribution in [0.4, 0.5) is 0 Å². The Bertz CT molecular complexity index is 1250. The summed E-state index contributed by atoms with van der Waals surface area (Å²) < 4.78 is 18.1. The quantitative estimate of drug-likeness (QED) is 0.196. The number of morpholine rings is 1. The molecule has 0 saturated carbocycles. The fourth-order valence-corrected chi connectivity index (χ4v) is 9.18. The van der Waals surface area contributed by atoms with Gasteiger partial charge >= 0.3 is 11.9 Å².